The molecule has 0 saturated carbocycles. The predicted molar refractivity (Wildman–Crippen MR) is 73.6 cm³/mol. The molecular formula is C15H19NO4. The lowest BCUT2D eigenvalue weighted by atomic mass is 10.0. The molecule has 1 aliphatic rings. The van der Waals surface area contributed by atoms with Crippen molar-refractivity contribution in [1.29, 1.82) is 0 Å². The number of nitrogens with zero attached hydrogens (tertiary/aromatic N) is 1. The molecule has 0 saturated heterocycles. The Morgan fingerprint density at radius 1 is 1.35 bits per heavy atom. The number of ether oxygens (including phenoxy) is 2. The Morgan fingerprint density at radius 3 is 2.65 bits per heavy atom. The minimum atomic E-state index is -0.400. The summed E-state index contributed by atoms with van der Waals surface area (Å²) in [5.74, 6) is 0.233. The van der Waals surface area contributed by atoms with Gasteiger partial charge in [0.05, 0.1) is 18.2 Å². The van der Waals surface area contributed by atoms with Gasteiger partial charge in [0.15, 0.2) is 0 Å². The van der Waals surface area contributed by atoms with Gasteiger partial charge in [-0.1, -0.05) is 6.07 Å². The number of benzene rings is 1. The molecule has 5 heteroatoms. The highest BCUT2D eigenvalue weighted by atomic mass is 16.5. The van der Waals surface area contributed by atoms with E-state index in [1.807, 2.05) is 13.8 Å². The molecule has 108 valence electrons. The van der Waals surface area contributed by atoms with Crippen LogP contribution in [-0.4, -0.2) is 36.0 Å². The van der Waals surface area contributed by atoms with Gasteiger partial charge in [0.25, 0.3) is 0 Å². The average Bonchev–Trinajstić information content (AvgIpc) is 2.54. The zero-order valence-electron chi connectivity index (χ0n) is 12.2. The van der Waals surface area contributed by atoms with Gasteiger partial charge >= 0.3 is 5.97 Å². The lowest BCUT2D eigenvalue weighted by molar-refractivity contribution is -0.135. The Balaban J connectivity index is 2.38. The summed E-state index contributed by atoms with van der Waals surface area (Å²) < 4.78 is 10.5. The van der Waals surface area contributed by atoms with Crippen LogP contribution in [0.1, 0.15) is 36.7 Å². The summed E-state index contributed by atoms with van der Waals surface area (Å²) >= 11 is 0. The van der Waals surface area contributed by atoms with Crippen molar-refractivity contribution >= 4 is 11.9 Å². The summed E-state index contributed by atoms with van der Waals surface area (Å²) in [5, 5.41) is 0. The van der Waals surface area contributed by atoms with Gasteiger partial charge in [0.2, 0.25) is 5.91 Å². The molecule has 20 heavy (non-hydrogen) atoms. The molecule has 0 aromatic heterocycles. The van der Waals surface area contributed by atoms with E-state index in [9.17, 15) is 9.59 Å². The molecule has 0 bridgehead atoms. The van der Waals surface area contributed by atoms with E-state index in [-0.39, 0.29) is 5.91 Å². The summed E-state index contributed by atoms with van der Waals surface area (Å²) in [6.45, 7) is 6.32. The molecule has 1 amide bonds. The Labute approximate surface area is 118 Å². The van der Waals surface area contributed by atoms with Crippen molar-refractivity contribution in [2.45, 2.75) is 32.9 Å². The number of hydrogen-bond donors (Lipinski definition) is 0. The number of rotatable bonds is 1. The van der Waals surface area contributed by atoms with E-state index in [1.165, 1.54) is 7.11 Å². The number of carbonyl (C=O) groups excluding carboxylic acids is 2. The van der Waals surface area contributed by atoms with Crippen molar-refractivity contribution in [3.63, 3.8) is 0 Å². The zero-order valence-corrected chi connectivity index (χ0v) is 12.2. The molecule has 1 aromatic rings. The molecular weight excluding hydrogens is 258 g/mol. The van der Waals surface area contributed by atoms with Crippen molar-refractivity contribution in [1.82, 2.24) is 4.90 Å². The molecule has 0 atom stereocenters. The van der Waals surface area contributed by atoms with E-state index >= 15 is 0 Å². The zero-order chi connectivity index (χ0) is 14.9. The summed E-state index contributed by atoms with van der Waals surface area (Å²) in [4.78, 5) is 25.1. The second kappa shape index (κ2) is 5.15. The first-order valence-corrected chi connectivity index (χ1v) is 6.47. The van der Waals surface area contributed by atoms with Crippen molar-refractivity contribution in [2.24, 2.45) is 0 Å². The van der Waals surface area contributed by atoms with Gasteiger partial charge in [-0.25, -0.2) is 4.79 Å². The number of hydrogen-bond acceptors (Lipinski definition) is 4. The largest absolute Gasteiger partial charge is 0.491 e. The van der Waals surface area contributed by atoms with E-state index in [2.05, 4.69) is 0 Å². The minimum Gasteiger partial charge on any atom is -0.491 e. The van der Waals surface area contributed by atoms with E-state index in [0.29, 0.717) is 24.5 Å². The van der Waals surface area contributed by atoms with Crippen LogP contribution >= 0.6 is 0 Å². The summed E-state index contributed by atoms with van der Waals surface area (Å²) in [6, 6.07) is 5.16. The molecule has 2 rings (SSSR count). The van der Waals surface area contributed by atoms with E-state index in [1.54, 1.807) is 30.0 Å². The molecule has 0 unspecified atom stereocenters. The second-order valence-corrected chi connectivity index (χ2v) is 5.52. The minimum absolute atomic E-state index is 0.00324. The van der Waals surface area contributed by atoms with Gasteiger partial charge in [0.1, 0.15) is 12.4 Å². The molecule has 1 aromatic carbocycles. The van der Waals surface area contributed by atoms with Crippen LogP contribution in [0.2, 0.25) is 0 Å². The lowest BCUT2D eigenvalue weighted by Gasteiger charge is -2.35. The van der Waals surface area contributed by atoms with Gasteiger partial charge in [-0.3, -0.25) is 4.79 Å². The van der Waals surface area contributed by atoms with Gasteiger partial charge in [0, 0.05) is 19.0 Å². The van der Waals surface area contributed by atoms with Gasteiger partial charge in [-0.2, -0.15) is 0 Å². The second-order valence-electron chi connectivity index (χ2n) is 5.52. The molecule has 0 spiro atoms. The molecule has 0 N–H and O–H groups in total. The van der Waals surface area contributed by atoms with Crippen LogP contribution in [0.25, 0.3) is 0 Å². The Morgan fingerprint density at radius 2 is 2.05 bits per heavy atom. The van der Waals surface area contributed by atoms with Gasteiger partial charge in [-0.15, -0.1) is 0 Å². The van der Waals surface area contributed by atoms with Crippen LogP contribution in [0.4, 0.5) is 0 Å². The average molecular weight is 277 g/mol. The van der Waals surface area contributed by atoms with E-state index in [4.69, 9.17) is 9.47 Å². The summed E-state index contributed by atoms with van der Waals surface area (Å²) in [5.41, 5.74) is 0.940. The van der Waals surface area contributed by atoms with E-state index in [0.717, 1.165) is 5.56 Å². The van der Waals surface area contributed by atoms with Gasteiger partial charge < -0.3 is 14.4 Å². The molecule has 0 fully saturated rings. The van der Waals surface area contributed by atoms with E-state index < -0.39 is 11.5 Å². The fraction of sp³-hybridized carbons (Fsp3) is 0.467. The Hall–Kier alpha value is -2.04. The Kier molecular flexibility index (Phi) is 3.70. The number of carbonyl (C=O) groups is 2. The maximum absolute atomic E-state index is 11.8. The predicted octanol–water partition coefficient (Wildman–Crippen LogP) is 1.99. The highest BCUT2D eigenvalue weighted by molar-refractivity contribution is 5.90. The van der Waals surface area contributed by atoms with Crippen molar-refractivity contribution in [2.75, 3.05) is 13.7 Å². The lowest BCUT2D eigenvalue weighted by Crippen LogP contribution is -2.48. The number of esters is 1. The highest BCUT2D eigenvalue weighted by Gasteiger charge is 2.33. The maximum Gasteiger partial charge on any atom is 0.337 e. The third kappa shape index (κ3) is 2.61. The van der Waals surface area contributed by atoms with Crippen molar-refractivity contribution in [3.8, 4) is 5.75 Å². The monoisotopic (exact) mass is 277 g/mol. The van der Waals surface area contributed by atoms with Gasteiger partial charge in [-0.05, 0) is 26.0 Å². The van der Waals surface area contributed by atoms with Crippen LogP contribution < -0.4 is 4.74 Å². The van der Waals surface area contributed by atoms with Crippen LogP contribution in [0.15, 0.2) is 18.2 Å². The molecule has 1 aliphatic heterocycles. The third-order valence-corrected chi connectivity index (χ3v) is 3.51. The van der Waals surface area contributed by atoms with Crippen LogP contribution in [0.3, 0.4) is 0 Å². The standard InChI is InChI=1S/C15H19NO4/c1-10(17)16-8-12-6-5-11(14(18)19-4)7-13(12)20-9-15(16,2)3/h5-7H,8-9H2,1-4H3. The van der Waals surface area contributed by atoms with Crippen LogP contribution in [-0.2, 0) is 16.1 Å². The van der Waals surface area contributed by atoms with Crippen LogP contribution in [0, 0.1) is 0 Å². The summed E-state index contributed by atoms with van der Waals surface area (Å²) in [6.07, 6.45) is 0. The summed E-state index contributed by atoms with van der Waals surface area (Å²) in [7, 11) is 1.34. The molecule has 0 radical (unpaired) electrons. The number of amides is 1. The molecule has 1 heterocycles. The number of fused-ring (bicyclic) bond motifs is 1. The first-order chi connectivity index (χ1) is 9.35. The highest BCUT2D eigenvalue weighted by Crippen LogP contribution is 2.30. The SMILES string of the molecule is COC(=O)c1ccc2c(c1)OCC(C)(C)N(C(C)=O)C2. The normalized spacial score (nSPS) is 16.7. The first-order valence-electron chi connectivity index (χ1n) is 6.47. The molecule has 5 nitrogen and oxygen atoms in total. The van der Waals surface area contributed by atoms with Crippen molar-refractivity contribution in [3.05, 3.63) is 29.3 Å². The van der Waals surface area contributed by atoms with Crippen molar-refractivity contribution < 1.29 is 19.1 Å². The topological polar surface area (TPSA) is 55.8 Å². The number of methoxy groups -OCH3 is 1. The first kappa shape index (κ1) is 14.4. The maximum atomic E-state index is 11.8. The quantitative estimate of drug-likeness (QED) is 0.737. The van der Waals surface area contributed by atoms with Crippen LogP contribution in [0.5, 0.6) is 5.75 Å². The molecule has 0 aliphatic carbocycles. The Bertz CT molecular complexity index is 551. The smallest absolute Gasteiger partial charge is 0.337 e. The fourth-order valence-electron chi connectivity index (χ4n) is 2.32. The fourth-order valence-corrected chi connectivity index (χ4v) is 2.32. The third-order valence-electron chi connectivity index (χ3n) is 3.51.